The lowest BCUT2D eigenvalue weighted by molar-refractivity contribution is -0.149. The standard InChI is InChI=1S/C15H21NO3/c1-5-8-16(12(4)17)14(15(18)19)13-7-6-10(2)11(3)9-13/h6-7,9,14H,5,8H2,1-4H3,(H,18,19). The van der Waals surface area contributed by atoms with Crippen molar-refractivity contribution in [3.8, 4) is 0 Å². The quantitative estimate of drug-likeness (QED) is 0.888. The van der Waals surface area contributed by atoms with E-state index in [0.717, 1.165) is 17.5 Å². The molecule has 0 fully saturated rings. The summed E-state index contributed by atoms with van der Waals surface area (Å²) in [6.45, 7) is 7.69. The number of carboxylic acids is 1. The minimum atomic E-state index is -0.994. The molecule has 1 unspecified atom stereocenters. The average molecular weight is 263 g/mol. The van der Waals surface area contributed by atoms with Crippen LogP contribution < -0.4 is 0 Å². The van der Waals surface area contributed by atoms with Crippen LogP contribution in [0.4, 0.5) is 0 Å². The van der Waals surface area contributed by atoms with Crippen molar-refractivity contribution in [1.82, 2.24) is 4.90 Å². The molecule has 104 valence electrons. The van der Waals surface area contributed by atoms with Gasteiger partial charge in [-0.25, -0.2) is 4.79 Å². The van der Waals surface area contributed by atoms with Gasteiger partial charge in [-0.15, -0.1) is 0 Å². The van der Waals surface area contributed by atoms with Gasteiger partial charge in [0.15, 0.2) is 6.04 Å². The first-order valence-corrected chi connectivity index (χ1v) is 6.45. The third kappa shape index (κ3) is 3.56. The molecular weight excluding hydrogens is 242 g/mol. The predicted molar refractivity (Wildman–Crippen MR) is 74.0 cm³/mol. The lowest BCUT2D eigenvalue weighted by Crippen LogP contribution is -2.38. The third-order valence-corrected chi connectivity index (χ3v) is 3.26. The molecule has 4 nitrogen and oxygen atoms in total. The summed E-state index contributed by atoms with van der Waals surface area (Å²) >= 11 is 0. The van der Waals surface area contributed by atoms with Gasteiger partial charge < -0.3 is 10.0 Å². The molecule has 0 spiro atoms. The van der Waals surface area contributed by atoms with E-state index in [0.29, 0.717) is 12.1 Å². The third-order valence-electron chi connectivity index (χ3n) is 3.26. The van der Waals surface area contributed by atoms with Crippen LogP contribution in [-0.4, -0.2) is 28.4 Å². The molecular formula is C15H21NO3. The fourth-order valence-corrected chi connectivity index (χ4v) is 2.10. The van der Waals surface area contributed by atoms with Crippen LogP contribution >= 0.6 is 0 Å². The van der Waals surface area contributed by atoms with Gasteiger partial charge in [-0.05, 0) is 37.0 Å². The van der Waals surface area contributed by atoms with Gasteiger partial charge in [-0.2, -0.15) is 0 Å². The number of aliphatic carboxylic acids is 1. The van der Waals surface area contributed by atoms with E-state index < -0.39 is 12.0 Å². The summed E-state index contributed by atoms with van der Waals surface area (Å²) in [5, 5.41) is 9.44. The van der Waals surface area contributed by atoms with E-state index in [2.05, 4.69) is 0 Å². The van der Waals surface area contributed by atoms with E-state index in [1.54, 1.807) is 6.07 Å². The van der Waals surface area contributed by atoms with Crippen molar-refractivity contribution in [2.45, 2.75) is 40.2 Å². The number of nitrogens with zero attached hydrogens (tertiary/aromatic N) is 1. The summed E-state index contributed by atoms with van der Waals surface area (Å²) in [6.07, 6.45) is 0.730. The molecule has 0 saturated heterocycles. The fourth-order valence-electron chi connectivity index (χ4n) is 2.10. The predicted octanol–water partition coefficient (Wildman–Crippen LogP) is 2.69. The van der Waals surface area contributed by atoms with Crippen LogP contribution in [0.1, 0.15) is 43.0 Å². The number of benzene rings is 1. The summed E-state index contributed by atoms with van der Waals surface area (Å²) in [6, 6.07) is 4.62. The first-order chi connectivity index (χ1) is 8.88. The molecule has 19 heavy (non-hydrogen) atoms. The summed E-state index contributed by atoms with van der Waals surface area (Å²) in [7, 11) is 0. The van der Waals surface area contributed by atoms with E-state index in [4.69, 9.17) is 0 Å². The molecule has 1 aromatic carbocycles. The van der Waals surface area contributed by atoms with Crippen molar-refractivity contribution in [2.75, 3.05) is 6.54 Å². The second-order valence-corrected chi connectivity index (χ2v) is 4.80. The maximum Gasteiger partial charge on any atom is 0.331 e. The van der Waals surface area contributed by atoms with Gasteiger partial charge in [0.25, 0.3) is 0 Å². The van der Waals surface area contributed by atoms with Gasteiger partial charge in [0.2, 0.25) is 5.91 Å². The number of rotatable bonds is 5. The highest BCUT2D eigenvalue weighted by Crippen LogP contribution is 2.24. The SMILES string of the molecule is CCCN(C(C)=O)C(C(=O)O)c1ccc(C)c(C)c1. The van der Waals surface area contributed by atoms with Crippen LogP contribution in [-0.2, 0) is 9.59 Å². The smallest absolute Gasteiger partial charge is 0.331 e. The van der Waals surface area contributed by atoms with Crippen molar-refractivity contribution in [2.24, 2.45) is 0 Å². The van der Waals surface area contributed by atoms with E-state index in [1.807, 2.05) is 32.9 Å². The van der Waals surface area contributed by atoms with Crippen LogP contribution in [0.2, 0.25) is 0 Å². The number of carbonyl (C=O) groups excluding carboxylic acids is 1. The Morgan fingerprint density at radius 1 is 1.26 bits per heavy atom. The molecule has 0 bridgehead atoms. The summed E-state index contributed by atoms with van der Waals surface area (Å²) in [5.74, 6) is -1.21. The van der Waals surface area contributed by atoms with Crippen LogP contribution in [0.3, 0.4) is 0 Å². The molecule has 0 aromatic heterocycles. The van der Waals surface area contributed by atoms with Gasteiger partial charge in [0, 0.05) is 13.5 Å². The van der Waals surface area contributed by atoms with Crippen molar-refractivity contribution in [3.63, 3.8) is 0 Å². The zero-order valence-corrected chi connectivity index (χ0v) is 11.9. The number of hydrogen-bond acceptors (Lipinski definition) is 2. The Balaban J connectivity index is 3.21. The van der Waals surface area contributed by atoms with E-state index in [-0.39, 0.29) is 5.91 Å². The van der Waals surface area contributed by atoms with Gasteiger partial charge in [-0.3, -0.25) is 4.79 Å². The van der Waals surface area contributed by atoms with Crippen molar-refractivity contribution in [3.05, 3.63) is 34.9 Å². The molecule has 0 heterocycles. The minimum absolute atomic E-state index is 0.215. The Hall–Kier alpha value is -1.84. The van der Waals surface area contributed by atoms with Crippen molar-refractivity contribution in [1.29, 1.82) is 0 Å². The van der Waals surface area contributed by atoms with E-state index in [1.165, 1.54) is 11.8 Å². The molecule has 0 aliphatic heterocycles. The minimum Gasteiger partial charge on any atom is -0.479 e. The highest BCUT2D eigenvalue weighted by Gasteiger charge is 2.28. The molecule has 1 N–H and O–H groups in total. The van der Waals surface area contributed by atoms with Crippen molar-refractivity contribution < 1.29 is 14.7 Å². The number of carboxylic acid groups (broad SMARTS) is 1. The lowest BCUT2D eigenvalue weighted by Gasteiger charge is -2.28. The maximum absolute atomic E-state index is 11.7. The lowest BCUT2D eigenvalue weighted by atomic mass is 9.99. The van der Waals surface area contributed by atoms with Gasteiger partial charge >= 0.3 is 5.97 Å². The average Bonchev–Trinajstić information content (AvgIpc) is 2.32. The van der Waals surface area contributed by atoms with Gasteiger partial charge in [0.1, 0.15) is 0 Å². The number of carbonyl (C=O) groups is 2. The molecule has 0 aliphatic carbocycles. The second-order valence-electron chi connectivity index (χ2n) is 4.80. The Morgan fingerprint density at radius 2 is 1.89 bits per heavy atom. The molecule has 1 rings (SSSR count). The number of hydrogen-bond donors (Lipinski definition) is 1. The van der Waals surface area contributed by atoms with Crippen LogP contribution in [0.15, 0.2) is 18.2 Å². The molecule has 0 radical (unpaired) electrons. The highest BCUT2D eigenvalue weighted by atomic mass is 16.4. The van der Waals surface area contributed by atoms with Crippen LogP contribution in [0.25, 0.3) is 0 Å². The zero-order valence-electron chi connectivity index (χ0n) is 11.9. The first-order valence-electron chi connectivity index (χ1n) is 6.45. The van der Waals surface area contributed by atoms with E-state index in [9.17, 15) is 14.7 Å². The van der Waals surface area contributed by atoms with Gasteiger partial charge in [0.05, 0.1) is 0 Å². The fraction of sp³-hybridized carbons (Fsp3) is 0.467. The van der Waals surface area contributed by atoms with Crippen LogP contribution in [0, 0.1) is 13.8 Å². The normalized spacial score (nSPS) is 12.0. The largest absolute Gasteiger partial charge is 0.479 e. The first kappa shape index (κ1) is 15.2. The molecule has 0 aliphatic rings. The molecule has 4 heteroatoms. The topological polar surface area (TPSA) is 57.6 Å². The second kappa shape index (κ2) is 6.36. The zero-order chi connectivity index (χ0) is 14.6. The molecule has 1 atom stereocenters. The monoisotopic (exact) mass is 263 g/mol. The van der Waals surface area contributed by atoms with E-state index >= 15 is 0 Å². The van der Waals surface area contributed by atoms with Gasteiger partial charge in [-0.1, -0.05) is 25.1 Å². The number of amides is 1. The Morgan fingerprint density at radius 3 is 2.32 bits per heavy atom. The molecule has 1 aromatic rings. The molecule has 1 amide bonds. The number of aryl methyl sites for hydroxylation is 2. The summed E-state index contributed by atoms with van der Waals surface area (Å²) in [4.78, 5) is 24.6. The summed E-state index contributed by atoms with van der Waals surface area (Å²) in [5.41, 5.74) is 2.79. The Labute approximate surface area is 114 Å². The van der Waals surface area contributed by atoms with Crippen LogP contribution in [0.5, 0.6) is 0 Å². The Kier molecular flexibility index (Phi) is 5.10. The Bertz CT molecular complexity index is 482. The van der Waals surface area contributed by atoms with Crippen molar-refractivity contribution >= 4 is 11.9 Å². The highest BCUT2D eigenvalue weighted by molar-refractivity contribution is 5.83. The summed E-state index contributed by atoms with van der Waals surface area (Å²) < 4.78 is 0. The maximum atomic E-state index is 11.7. The molecule has 0 saturated carbocycles.